The molecule has 0 aliphatic heterocycles. The zero-order valence-electron chi connectivity index (χ0n) is 13.0. The minimum absolute atomic E-state index is 0.0142. The zero-order chi connectivity index (χ0) is 15.8. The van der Waals surface area contributed by atoms with Gasteiger partial charge in [-0.25, -0.2) is 0 Å². The van der Waals surface area contributed by atoms with E-state index in [2.05, 4.69) is 0 Å². The molecule has 0 aromatic heterocycles. The topological polar surface area (TPSA) is 61.8 Å². The van der Waals surface area contributed by atoms with Crippen molar-refractivity contribution in [3.05, 3.63) is 23.3 Å². The average molecular weight is 294 g/mol. The van der Waals surface area contributed by atoms with Gasteiger partial charge in [-0.1, -0.05) is 0 Å². The minimum atomic E-state index is -0.226. The third-order valence-corrected chi connectivity index (χ3v) is 2.98. The van der Waals surface area contributed by atoms with Crippen molar-refractivity contribution in [1.82, 2.24) is 0 Å². The fourth-order valence-electron chi connectivity index (χ4n) is 1.94. The first kappa shape index (κ1) is 17.0. The van der Waals surface area contributed by atoms with Gasteiger partial charge in [-0.3, -0.25) is 9.59 Å². The zero-order valence-corrected chi connectivity index (χ0v) is 13.0. The highest BCUT2D eigenvalue weighted by Gasteiger charge is 2.12. The first-order valence-corrected chi connectivity index (χ1v) is 6.97. The number of carbonyl (C=O) groups excluding carboxylic acids is 2. The number of ketones is 1. The normalized spacial score (nSPS) is 10.1. The molecule has 1 rings (SSSR count). The molecule has 0 atom stereocenters. The maximum Gasteiger partial charge on any atom is 0.305 e. The molecule has 0 radical (unpaired) electrons. The average Bonchev–Trinajstić information content (AvgIpc) is 2.43. The monoisotopic (exact) mass is 294 g/mol. The van der Waals surface area contributed by atoms with Gasteiger partial charge in [-0.2, -0.15) is 0 Å². The van der Waals surface area contributed by atoms with Gasteiger partial charge >= 0.3 is 5.97 Å². The second kappa shape index (κ2) is 8.29. The Balaban J connectivity index is 2.64. The van der Waals surface area contributed by atoms with E-state index in [1.165, 1.54) is 14.0 Å². The number of esters is 1. The Morgan fingerprint density at radius 3 is 2.48 bits per heavy atom. The van der Waals surface area contributed by atoms with Gasteiger partial charge in [0.15, 0.2) is 17.3 Å². The minimum Gasteiger partial charge on any atom is -0.493 e. The summed E-state index contributed by atoms with van der Waals surface area (Å²) >= 11 is 0. The van der Waals surface area contributed by atoms with Crippen molar-refractivity contribution in [2.45, 2.75) is 33.6 Å². The molecule has 0 unspecified atom stereocenters. The molecular formula is C16H22O5. The van der Waals surface area contributed by atoms with E-state index in [-0.39, 0.29) is 11.8 Å². The van der Waals surface area contributed by atoms with E-state index >= 15 is 0 Å². The van der Waals surface area contributed by atoms with Gasteiger partial charge in [-0.05, 0) is 44.9 Å². The Bertz CT molecular complexity index is 508. The van der Waals surface area contributed by atoms with E-state index < -0.39 is 0 Å². The molecule has 5 heteroatoms. The molecule has 116 valence electrons. The first-order valence-electron chi connectivity index (χ1n) is 6.97. The van der Waals surface area contributed by atoms with Crippen LogP contribution in [-0.2, 0) is 9.53 Å². The molecular weight excluding hydrogens is 272 g/mol. The Morgan fingerprint density at radius 1 is 1.19 bits per heavy atom. The van der Waals surface area contributed by atoms with Crippen LogP contribution >= 0.6 is 0 Å². The van der Waals surface area contributed by atoms with Gasteiger partial charge in [0, 0.05) is 12.0 Å². The lowest BCUT2D eigenvalue weighted by Crippen LogP contribution is -2.07. The lowest BCUT2D eigenvalue weighted by atomic mass is 10.0. The van der Waals surface area contributed by atoms with Crippen LogP contribution in [0, 0.1) is 6.92 Å². The van der Waals surface area contributed by atoms with E-state index in [0.717, 1.165) is 5.56 Å². The number of hydrogen-bond acceptors (Lipinski definition) is 5. The number of rotatable bonds is 8. The van der Waals surface area contributed by atoms with Crippen LogP contribution in [0.5, 0.6) is 11.5 Å². The molecule has 0 spiro atoms. The highest BCUT2D eigenvalue weighted by molar-refractivity contribution is 5.96. The molecule has 0 aliphatic rings. The summed E-state index contributed by atoms with van der Waals surface area (Å²) in [5.41, 5.74) is 1.45. The van der Waals surface area contributed by atoms with Crippen LogP contribution in [0.15, 0.2) is 12.1 Å². The summed E-state index contributed by atoms with van der Waals surface area (Å²) < 4.78 is 15.7. The van der Waals surface area contributed by atoms with Crippen LogP contribution in [0.3, 0.4) is 0 Å². The SMILES string of the molecule is CCOC(=O)CCCOc1cc(C)c(C(C)=O)cc1OC. The second-order valence-electron chi connectivity index (χ2n) is 4.63. The standard InChI is InChI=1S/C16H22O5/c1-5-20-16(18)7-6-8-21-15-9-11(2)13(12(3)17)10-14(15)19-4/h9-10H,5-8H2,1-4H3. The number of hydrogen-bond donors (Lipinski definition) is 0. The van der Waals surface area contributed by atoms with Crippen molar-refractivity contribution in [1.29, 1.82) is 0 Å². The van der Waals surface area contributed by atoms with Crippen LogP contribution in [0.2, 0.25) is 0 Å². The molecule has 0 amide bonds. The lowest BCUT2D eigenvalue weighted by molar-refractivity contribution is -0.143. The molecule has 0 fully saturated rings. The van der Waals surface area contributed by atoms with E-state index in [0.29, 0.717) is 43.1 Å². The van der Waals surface area contributed by atoms with Crippen molar-refractivity contribution in [2.24, 2.45) is 0 Å². The number of ether oxygens (including phenoxy) is 3. The maximum absolute atomic E-state index is 11.5. The number of methoxy groups -OCH3 is 1. The highest BCUT2D eigenvalue weighted by atomic mass is 16.5. The van der Waals surface area contributed by atoms with Crippen molar-refractivity contribution in [2.75, 3.05) is 20.3 Å². The van der Waals surface area contributed by atoms with E-state index in [1.807, 2.05) is 6.92 Å². The summed E-state index contributed by atoms with van der Waals surface area (Å²) in [6, 6.07) is 3.46. The summed E-state index contributed by atoms with van der Waals surface area (Å²) in [4.78, 5) is 22.7. The molecule has 0 saturated heterocycles. The Hall–Kier alpha value is -2.04. The molecule has 5 nitrogen and oxygen atoms in total. The summed E-state index contributed by atoms with van der Waals surface area (Å²) in [6.45, 7) is 5.91. The predicted molar refractivity (Wildman–Crippen MR) is 79.1 cm³/mol. The van der Waals surface area contributed by atoms with Gasteiger partial charge in [0.1, 0.15) is 0 Å². The van der Waals surface area contributed by atoms with Crippen molar-refractivity contribution in [3.8, 4) is 11.5 Å². The third kappa shape index (κ3) is 5.10. The second-order valence-corrected chi connectivity index (χ2v) is 4.63. The van der Waals surface area contributed by atoms with Crippen molar-refractivity contribution >= 4 is 11.8 Å². The predicted octanol–water partition coefficient (Wildman–Crippen LogP) is 2.93. The molecule has 1 aromatic carbocycles. The molecule has 0 bridgehead atoms. The fraction of sp³-hybridized carbons (Fsp3) is 0.500. The number of benzene rings is 1. The van der Waals surface area contributed by atoms with Crippen LogP contribution in [0.25, 0.3) is 0 Å². The highest BCUT2D eigenvalue weighted by Crippen LogP contribution is 2.31. The van der Waals surface area contributed by atoms with Crippen LogP contribution in [-0.4, -0.2) is 32.1 Å². The van der Waals surface area contributed by atoms with Gasteiger partial charge in [0.05, 0.1) is 20.3 Å². The molecule has 21 heavy (non-hydrogen) atoms. The first-order chi connectivity index (χ1) is 9.99. The number of Topliss-reactive ketones (excluding diaryl/α,β-unsaturated/α-hetero) is 1. The van der Waals surface area contributed by atoms with E-state index in [4.69, 9.17) is 14.2 Å². The summed E-state index contributed by atoms with van der Waals surface area (Å²) in [5, 5.41) is 0. The summed E-state index contributed by atoms with van der Waals surface area (Å²) in [7, 11) is 1.53. The van der Waals surface area contributed by atoms with Crippen molar-refractivity contribution < 1.29 is 23.8 Å². The number of aryl methyl sites for hydroxylation is 1. The van der Waals surface area contributed by atoms with E-state index in [9.17, 15) is 9.59 Å². The number of carbonyl (C=O) groups is 2. The Kier molecular flexibility index (Phi) is 6.72. The molecule has 0 aliphatic carbocycles. The van der Waals surface area contributed by atoms with Crippen LogP contribution < -0.4 is 9.47 Å². The van der Waals surface area contributed by atoms with Crippen LogP contribution in [0.1, 0.15) is 42.6 Å². The Labute approximate surface area is 125 Å². The Morgan fingerprint density at radius 2 is 1.90 bits per heavy atom. The molecule has 0 N–H and O–H groups in total. The molecule has 0 heterocycles. The van der Waals surface area contributed by atoms with Crippen LogP contribution in [0.4, 0.5) is 0 Å². The molecule has 0 saturated carbocycles. The quantitative estimate of drug-likeness (QED) is 0.419. The maximum atomic E-state index is 11.5. The lowest BCUT2D eigenvalue weighted by Gasteiger charge is -2.13. The fourth-order valence-corrected chi connectivity index (χ4v) is 1.94. The van der Waals surface area contributed by atoms with Crippen molar-refractivity contribution in [3.63, 3.8) is 0 Å². The van der Waals surface area contributed by atoms with Gasteiger partial charge in [0.2, 0.25) is 0 Å². The van der Waals surface area contributed by atoms with Gasteiger partial charge in [-0.15, -0.1) is 0 Å². The largest absolute Gasteiger partial charge is 0.493 e. The van der Waals surface area contributed by atoms with Gasteiger partial charge < -0.3 is 14.2 Å². The van der Waals surface area contributed by atoms with Gasteiger partial charge in [0.25, 0.3) is 0 Å². The summed E-state index contributed by atoms with van der Waals surface area (Å²) in [6.07, 6.45) is 0.885. The molecule has 1 aromatic rings. The van der Waals surface area contributed by atoms with E-state index in [1.54, 1.807) is 19.1 Å². The smallest absolute Gasteiger partial charge is 0.305 e. The summed E-state index contributed by atoms with van der Waals surface area (Å²) in [5.74, 6) is 0.849. The third-order valence-electron chi connectivity index (χ3n) is 2.98.